The van der Waals surface area contributed by atoms with Crippen LogP contribution in [0.5, 0.6) is 0 Å². The summed E-state index contributed by atoms with van der Waals surface area (Å²) in [6, 6.07) is 13.2. The van der Waals surface area contributed by atoms with Gasteiger partial charge < -0.3 is 20.1 Å². The standard InChI is InChI=1S/C20H22N6O2/c1-14-13-19(25-28-14)22-20(27)17-9-10-18(24-23-17)21-15-5-7-16(8-6-15)26-11-3-2-4-12-26/h5-10,13H,2-4,11-12H2,1H3,(H,21,24)(H,22,25,27). The Hall–Kier alpha value is -3.42. The molecule has 1 aliphatic heterocycles. The maximum atomic E-state index is 12.2. The number of hydrogen-bond acceptors (Lipinski definition) is 7. The van der Waals surface area contributed by atoms with Crippen LogP contribution in [0.25, 0.3) is 0 Å². The molecule has 3 aromatic rings. The number of anilines is 4. The molecule has 4 rings (SSSR count). The minimum atomic E-state index is -0.391. The van der Waals surface area contributed by atoms with E-state index in [-0.39, 0.29) is 5.69 Å². The second-order valence-corrected chi connectivity index (χ2v) is 6.80. The lowest BCUT2D eigenvalue weighted by Crippen LogP contribution is -2.29. The van der Waals surface area contributed by atoms with E-state index in [9.17, 15) is 4.79 Å². The van der Waals surface area contributed by atoms with Gasteiger partial charge in [0.15, 0.2) is 17.3 Å². The molecule has 8 heteroatoms. The first-order valence-corrected chi connectivity index (χ1v) is 9.38. The minimum Gasteiger partial charge on any atom is -0.372 e. The van der Waals surface area contributed by atoms with Crippen molar-refractivity contribution >= 4 is 28.9 Å². The smallest absolute Gasteiger partial charge is 0.277 e. The van der Waals surface area contributed by atoms with E-state index in [1.54, 1.807) is 25.1 Å². The normalized spacial score (nSPS) is 14.0. The highest BCUT2D eigenvalue weighted by molar-refractivity contribution is 6.02. The van der Waals surface area contributed by atoms with Crippen molar-refractivity contribution in [3.8, 4) is 0 Å². The molecule has 0 saturated carbocycles. The van der Waals surface area contributed by atoms with Crippen molar-refractivity contribution in [2.24, 2.45) is 0 Å². The van der Waals surface area contributed by atoms with Gasteiger partial charge in [-0.15, -0.1) is 10.2 Å². The van der Waals surface area contributed by atoms with Crippen LogP contribution >= 0.6 is 0 Å². The van der Waals surface area contributed by atoms with Crippen molar-refractivity contribution in [3.05, 3.63) is 53.9 Å². The average molecular weight is 378 g/mol. The Bertz CT molecular complexity index is 930. The molecule has 0 spiro atoms. The fraction of sp³-hybridized carbons (Fsp3) is 0.300. The highest BCUT2D eigenvalue weighted by Crippen LogP contribution is 2.23. The molecule has 0 aliphatic carbocycles. The van der Waals surface area contributed by atoms with Gasteiger partial charge in [0.1, 0.15) is 5.76 Å². The van der Waals surface area contributed by atoms with Crippen LogP contribution in [0.4, 0.5) is 23.0 Å². The third-order valence-electron chi connectivity index (χ3n) is 4.63. The molecule has 0 bridgehead atoms. The number of nitrogens with one attached hydrogen (secondary N) is 2. The Morgan fingerprint density at radius 1 is 1.00 bits per heavy atom. The monoisotopic (exact) mass is 378 g/mol. The molecular formula is C20H22N6O2. The predicted molar refractivity (Wildman–Crippen MR) is 107 cm³/mol. The molecule has 1 amide bonds. The van der Waals surface area contributed by atoms with Gasteiger partial charge in [-0.25, -0.2) is 0 Å². The van der Waals surface area contributed by atoms with E-state index in [0.717, 1.165) is 18.8 Å². The molecule has 2 aromatic heterocycles. The summed E-state index contributed by atoms with van der Waals surface area (Å²) in [5.74, 6) is 1.14. The van der Waals surface area contributed by atoms with Gasteiger partial charge in [0.05, 0.1) is 0 Å². The lowest BCUT2D eigenvalue weighted by atomic mass is 10.1. The van der Waals surface area contributed by atoms with E-state index in [1.807, 2.05) is 12.1 Å². The SMILES string of the molecule is Cc1cc(NC(=O)c2ccc(Nc3ccc(N4CCCCC4)cc3)nn2)no1. The molecular weight excluding hydrogens is 356 g/mol. The number of carbonyl (C=O) groups excluding carboxylic acids is 1. The molecule has 144 valence electrons. The summed E-state index contributed by atoms with van der Waals surface area (Å²) in [6.07, 6.45) is 3.83. The van der Waals surface area contributed by atoms with Gasteiger partial charge in [0, 0.05) is 30.5 Å². The highest BCUT2D eigenvalue weighted by Gasteiger charge is 2.12. The van der Waals surface area contributed by atoms with Gasteiger partial charge in [-0.2, -0.15) is 0 Å². The third-order valence-corrected chi connectivity index (χ3v) is 4.63. The average Bonchev–Trinajstić information content (AvgIpc) is 3.14. The highest BCUT2D eigenvalue weighted by atomic mass is 16.5. The zero-order valence-corrected chi connectivity index (χ0v) is 15.7. The number of piperidine rings is 1. The van der Waals surface area contributed by atoms with Crippen LogP contribution in [-0.4, -0.2) is 34.4 Å². The lowest BCUT2D eigenvalue weighted by Gasteiger charge is -2.28. The molecule has 1 aliphatic rings. The molecule has 0 radical (unpaired) electrons. The molecule has 1 saturated heterocycles. The van der Waals surface area contributed by atoms with Crippen molar-refractivity contribution in [3.63, 3.8) is 0 Å². The van der Waals surface area contributed by atoms with Crippen molar-refractivity contribution < 1.29 is 9.32 Å². The Balaban J connectivity index is 1.36. The Labute approximate surface area is 162 Å². The van der Waals surface area contributed by atoms with Gasteiger partial charge in [-0.1, -0.05) is 5.16 Å². The number of benzene rings is 1. The fourth-order valence-electron chi connectivity index (χ4n) is 3.18. The van der Waals surface area contributed by atoms with E-state index in [0.29, 0.717) is 17.4 Å². The topological polar surface area (TPSA) is 96.2 Å². The molecule has 1 aromatic carbocycles. The van der Waals surface area contributed by atoms with Crippen LogP contribution in [-0.2, 0) is 0 Å². The summed E-state index contributed by atoms with van der Waals surface area (Å²) in [6.45, 7) is 3.99. The van der Waals surface area contributed by atoms with Gasteiger partial charge >= 0.3 is 0 Å². The molecule has 1 fully saturated rings. The number of hydrogen-bond donors (Lipinski definition) is 2. The number of nitrogens with zero attached hydrogens (tertiary/aromatic N) is 4. The second-order valence-electron chi connectivity index (χ2n) is 6.80. The van der Waals surface area contributed by atoms with Gasteiger partial charge in [-0.05, 0) is 62.6 Å². The summed E-state index contributed by atoms with van der Waals surface area (Å²) in [5.41, 5.74) is 2.36. The van der Waals surface area contributed by atoms with Crippen LogP contribution in [0.2, 0.25) is 0 Å². The quantitative estimate of drug-likeness (QED) is 0.698. The second kappa shape index (κ2) is 8.08. The summed E-state index contributed by atoms with van der Waals surface area (Å²) < 4.78 is 4.92. The van der Waals surface area contributed by atoms with Crippen molar-refractivity contribution in [2.45, 2.75) is 26.2 Å². The fourth-order valence-corrected chi connectivity index (χ4v) is 3.18. The van der Waals surface area contributed by atoms with Crippen LogP contribution in [0.1, 0.15) is 35.5 Å². The third kappa shape index (κ3) is 4.28. The predicted octanol–water partition coefficient (Wildman–Crippen LogP) is 3.76. The van der Waals surface area contributed by atoms with Crippen LogP contribution in [0.15, 0.2) is 47.0 Å². The van der Waals surface area contributed by atoms with Crippen LogP contribution in [0, 0.1) is 6.92 Å². The van der Waals surface area contributed by atoms with Crippen molar-refractivity contribution in [2.75, 3.05) is 28.6 Å². The maximum Gasteiger partial charge on any atom is 0.277 e. The van der Waals surface area contributed by atoms with Crippen molar-refractivity contribution in [1.82, 2.24) is 15.4 Å². The Morgan fingerprint density at radius 2 is 1.79 bits per heavy atom. The summed E-state index contributed by atoms with van der Waals surface area (Å²) in [7, 11) is 0. The van der Waals surface area contributed by atoms with E-state index < -0.39 is 5.91 Å². The molecule has 0 atom stereocenters. The number of amides is 1. The van der Waals surface area contributed by atoms with Crippen LogP contribution < -0.4 is 15.5 Å². The van der Waals surface area contributed by atoms with Gasteiger partial charge in [-0.3, -0.25) is 4.79 Å². The summed E-state index contributed by atoms with van der Waals surface area (Å²) >= 11 is 0. The number of carbonyl (C=O) groups is 1. The Kier molecular flexibility index (Phi) is 5.18. The largest absolute Gasteiger partial charge is 0.372 e. The van der Waals surface area contributed by atoms with Gasteiger partial charge in [0.25, 0.3) is 5.91 Å². The minimum absolute atomic E-state index is 0.201. The van der Waals surface area contributed by atoms with E-state index in [4.69, 9.17) is 4.52 Å². The number of aryl methyl sites for hydroxylation is 1. The zero-order chi connectivity index (χ0) is 19.3. The summed E-state index contributed by atoms with van der Waals surface area (Å²) in [4.78, 5) is 14.6. The van der Waals surface area contributed by atoms with Crippen molar-refractivity contribution in [1.29, 1.82) is 0 Å². The molecule has 8 nitrogen and oxygen atoms in total. The Morgan fingerprint density at radius 3 is 2.43 bits per heavy atom. The first-order valence-electron chi connectivity index (χ1n) is 9.38. The summed E-state index contributed by atoms with van der Waals surface area (Å²) in [5, 5.41) is 17.6. The maximum absolute atomic E-state index is 12.2. The number of rotatable bonds is 5. The molecule has 3 heterocycles. The van der Waals surface area contributed by atoms with E-state index in [1.165, 1.54) is 24.9 Å². The van der Waals surface area contributed by atoms with E-state index in [2.05, 4.69) is 43.0 Å². The first-order chi connectivity index (χ1) is 13.7. The van der Waals surface area contributed by atoms with Gasteiger partial charge in [0.2, 0.25) is 0 Å². The van der Waals surface area contributed by atoms with E-state index >= 15 is 0 Å². The number of aromatic nitrogens is 3. The first kappa shape index (κ1) is 18.0. The lowest BCUT2D eigenvalue weighted by molar-refractivity contribution is 0.102. The van der Waals surface area contributed by atoms with Crippen LogP contribution in [0.3, 0.4) is 0 Å². The molecule has 28 heavy (non-hydrogen) atoms. The molecule has 2 N–H and O–H groups in total. The zero-order valence-electron chi connectivity index (χ0n) is 15.7. The molecule has 0 unspecified atom stereocenters.